The van der Waals surface area contributed by atoms with Crippen LogP contribution in [0.25, 0.3) is 0 Å². The Labute approximate surface area is 65.3 Å². The van der Waals surface area contributed by atoms with Crippen LogP contribution in [0.4, 0.5) is 0 Å². The van der Waals surface area contributed by atoms with E-state index >= 15 is 0 Å². The largest absolute Gasteiger partial charge is 0.480 e. The molecule has 0 bridgehead atoms. The van der Waals surface area contributed by atoms with E-state index in [1.807, 2.05) is 0 Å². The highest BCUT2D eigenvalue weighted by Crippen LogP contribution is 2.09. The molecule has 0 aliphatic carbocycles. The number of nitrogens with two attached hydrogens (primary N) is 1. The van der Waals surface area contributed by atoms with Gasteiger partial charge in [-0.1, -0.05) is 6.08 Å². The Morgan fingerprint density at radius 2 is 2.40 bits per heavy atom. The van der Waals surface area contributed by atoms with E-state index in [0.29, 0.717) is 0 Å². The number of carboxylic acids is 1. The highest BCUT2D eigenvalue weighted by molar-refractivity contribution is 7.80. The molecule has 0 aromatic rings. The van der Waals surface area contributed by atoms with E-state index in [9.17, 15) is 4.79 Å². The van der Waals surface area contributed by atoms with Gasteiger partial charge in [-0.25, -0.2) is 0 Å². The molecule has 0 aromatic carbocycles. The first-order valence-electron chi connectivity index (χ1n) is 2.81. The van der Waals surface area contributed by atoms with Gasteiger partial charge in [-0.05, 0) is 6.42 Å². The Balaban J connectivity index is 4.21. The van der Waals surface area contributed by atoms with Gasteiger partial charge in [0.15, 0.2) is 0 Å². The number of carboxylic acid groups (broad SMARTS) is 1. The molecular weight excluding hydrogens is 150 g/mol. The van der Waals surface area contributed by atoms with Crippen LogP contribution < -0.4 is 5.73 Å². The van der Waals surface area contributed by atoms with Gasteiger partial charge in [-0.2, -0.15) is 12.6 Å². The lowest BCUT2D eigenvalue weighted by atomic mass is 10.00. The molecule has 58 valence electrons. The van der Waals surface area contributed by atoms with Crippen LogP contribution in [0.3, 0.4) is 0 Å². The molecule has 0 heterocycles. The first kappa shape index (κ1) is 9.52. The summed E-state index contributed by atoms with van der Waals surface area (Å²) in [6.07, 6.45) is 1.72. The van der Waals surface area contributed by atoms with Gasteiger partial charge in [0.25, 0.3) is 0 Å². The Kier molecular flexibility index (Phi) is 3.46. The summed E-state index contributed by atoms with van der Waals surface area (Å²) in [7, 11) is 0. The summed E-state index contributed by atoms with van der Waals surface area (Å²) in [6, 6.07) is 0. The molecule has 4 heteroatoms. The zero-order valence-electron chi connectivity index (χ0n) is 5.58. The zero-order valence-corrected chi connectivity index (χ0v) is 6.47. The minimum Gasteiger partial charge on any atom is -0.480 e. The van der Waals surface area contributed by atoms with Gasteiger partial charge in [0, 0.05) is 5.75 Å². The van der Waals surface area contributed by atoms with E-state index in [0.717, 1.165) is 0 Å². The van der Waals surface area contributed by atoms with Gasteiger partial charge in [0.1, 0.15) is 5.54 Å². The van der Waals surface area contributed by atoms with Gasteiger partial charge in [-0.15, -0.1) is 6.58 Å². The number of hydrogen-bond acceptors (Lipinski definition) is 3. The lowest BCUT2D eigenvalue weighted by molar-refractivity contribution is -0.142. The topological polar surface area (TPSA) is 63.3 Å². The average Bonchev–Trinajstić information content (AvgIpc) is 1.88. The number of carbonyl (C=O) groups is 1. The van der Waals surface area contributed by atoms with Gasteiger partial charge in [-0.3, -0.25) is 4.79 Å². The fourth-order valence-electron chi connectivity index (χ4n) is 0.477. The number of thiol groups is 1. The molecule has 3 nitrogen and oxygen atoms in total. The maximum absolute atomic E-state index is 10.4. The standard InChI is InChI=1S/C6H11NO2S/c1-2-3-6(7,4-10)5(8)9/h2,10H,1,3-4,7H2,(H,8,9)/t6-/m1/s1. The summed E-state index contributed by atoms with van der Waals surface area (Å²) in [5.41, 5.74) is 4.16. The summed E-state index contributed by atoms with van der Waals surface area (Å²) in [5.74, 6) is -0.920. The first-order chi connectivity index (χ1) is 4.56. The highest BCUT2D eigenvalue weighted by atomic mass is 32.1. The van der Waals surface area contributed by atoms with Crippen molar-refractivity contribution < 1.29 is 9.90 Å². The third kappa shape index (κ3) is 2.04. The van der Waals surface area contributed by atoms with Crippen molar-refractivity contribution in [1.29, 1.82) is 0 Å². The molecule has 0 radical (unpaired) electrons. The van der Waals surface area contributed by atoms with Crippen molar-refractivity contribution in [3.05, 3.63) is 12.7 Å². The van der Waals surface area contributed by atoms with Crippen LogP contribution in [0.1, 0.15) is 6.42 Å². The van der Waals surface area contributed by atoms with Gasteiger partial charge in [0.2, 0.25) is 0 Å². The second-order valence-corrected chi connectivity index (χ2v) is 2.43. The summed E-state index contributed by atoms with van der Waals surface area (Å²) < 4.78 is 0. The Morgan fingerprint density at radius 1 is 1.90 bits per heavy atom. The highest BCUT2D eigenvalue weighted by Gasteiger charge is 2.30. The minimum absolute atomic E-state index is 0.119. The minimum atomic E-state index is -1.25. The van der Waals surface area contributed by atoms with Crippen LogP contribution in [0, 0.1) is 0 Å². The predicted octanol–water partition coefficient (Wildman–Crippen LogP) is 0.274. The van der Waals surface area contributed by atoms with E-state index in [4.69, 9.17) is 10.8 Å². The summed E-state index contributed by atoms with van der Waals surface area (Å²) >= 11 is 3.82. The number of rotatable bonds is 4. The second-order valence-electron chi connectivity index (χ2n) is 2.11. The van der Waals surface area contributed by atoms with Gasteiger partial charge in [0.05, 0.1) is 0 Å². The molecule has 3 N–H and O–H groups in total. The van der Waals surface area contributed by atoms with E-state index in [1.165, 1.54) is 6.08 Å². The molecule has 0 spiro atoms. The fraction of sp³-hybridized carbons (Fsp3) is 0.500. The lowest BCUT2D eigenvalue weighted by Crippen LogP contribution is -2.49. The zero-order chi connectivity index (χ0) is 8.20. The average molecular weight is 161 g/mol. The van der Waals surface area contributed by atoms with Crippen LogP contribution >= 0.6 is 12.6 Å². The molecule has 0 aliphatic heterocycles. The van der Waals surface area contributed by atoms with E-state index < -0.39 is 11.5 Å². The van der Waals surface area contributed by atoms with Crippen LogP contribution in [-0.4, -0.2) is 22.4 Å². The molecule has 0 aromatic heterocycles. The van der Waals surface area contributed by atoms with Gasteiger partial charge < -0.3 is 10.8 Å². The number of hydrogen-bond donors (Lipinski definition) is 3. The number of aliphatic carboxylic acids is 1. The van der Waals surface area contributed by atoms with Crippen LogP contribution in [0.15, 0.2) is 12.7 Å². The summed E-state index contributed by atoms with van der Waals surface area (Å²) in [6.45, 7) is 3.40. The maximum atomic E-state index is 10.4. The van der Waals surface area contributed by atoms with E-state index in [1.54, 1.807) is 0 Å². The third-order valence-electron chi connectivity index (χ3n) is 1.22. The smallest absolute Gasteiger partial charge is 0.324 e. The van der Waals surface area contributed by atoms with Crippen molar-refractivity contribution in [3.8, 4) is 0 Å². The van der Waals surface area contributed by atoms with Crippen molar-refractivity contribution in [2.45, 2.75) is 12.0 Å². The Morgan fingerprint density at radius 3 is 2.50 bits per heavy atom. The van der Waals surface area contributed by atoms with Crippen molar-refractivity contribution in [2.75, 3.05) is 5.75 Å². The Bertz CT molecular complexity index is 149. The molecular formula is C6H11NO2S. The van der Waals surface area contributed by atoms with E-state index in [2.05, 4.69) is 19.2 Å². The normalized spacial score (nSPS) is 15.8. The third-order valence-corrected chi connectivity index (χ3v) is 1.78. The SMILES string of the molecule is C=CC[C@@](N)(CS)C(=O)O. The Hall–Kier alpha value is -0.480. The second kappa shape index (κ2) is 3.63. The van der Waals surface area contributed by atoms with Crippen molar-refractivity contribution in [1.82, 2.24) is 0 Å². The van der Waals surface area contributed by atoms with Crippen molar-refractivity contribution in [2.24, 2.45) is 5.73 Å². The van der Waals surface area contributed by atoms with Crippen LogP contribution in [-0.2, 0) is 4.79 Å². The maximum Gasteiger partial charge on any atom is 0.324 e. The monoisotopic (exact) mass is 161 g/mol. The molecule has 0 saturated heterocycles. The molecule has 0 amide bonds. The molecule has 0 saturated carbocycles. The van der Waals surface area contributed by atoms with Crippen LogP contribution in [0.5, 0.6) is 0 Å². The first-order valence-corrected chi connectivity index (χ1v) is 3.44. The quantitative estimate of drug-likeness (QED) is 0.410. The fourth-order valence-corrected chi connectivity index (χ4v) is 0.741. The predicted molar refractivity (Wildman–Crippen MR) is 43.2 cm³/mol. The molecule has 0 unspecified atom stereocenters. The molecule has 0 aliphatic rings. The summed E-state index contributed by atoms with van der Waals surface area (Å²) in [4.78, 5) is 10.4. The van der Waals surface area contributed by atoms with Crippen molar-refractivity contribution in [3.63, 3.8) is 0 Å². The molecule has 0 rings (SSSR count). The van der Waals surface area contributed by atoms with E-state index in [-0.39, 0.29) is 12.2 Å². The molecule has 10 heavy (non-hydrogen) atoms. The molecule has 1 atom stereocenters. The van der Waals surface area contributed by atoms with Gasteiger partial charge >= 0.3 is 5.97 Å². The molecule has 0 fully saturated rings. The lowest BCUT2D eigenvalue weighted by Gasteiger charge is -2.19. The van der Waals surface area contributed by atoms with Crippen molar-refractivity contribution >= 4 is 18.6 Å². The van der Waals surface area contributed by atoms with Crippen LogP contribution in [0.2, 0.25) is 0 Å². The summed E-state index contributed by atoms with van der Waals surface area (Å²) in [5, 5.41) is 8.54.